The van der Waals surface area contributed by atoms with Crippen molar-refractivity contribution in [3.63, 3.8) is 0 Å². The average molecular weight is 337 g/mol. The van der Waals surface area contributed by atoms with Crippen LogP contribution in [-0.2, 0) is 4.74 Å². The van der Waals surface area contributed by atoms with E-state index in [1.54, 1.807) is 37.2 Å². The van der Waals surface area contributed by atoms with Gasteiger partial charge in [0.1, 0.15) is 29.1 Å². The molecule has 25 heavy (non-hydrogen) atoms. The second-order valence-corrected chi connectivity index (χ2v) is 5.33. The van der Waals surface area contributed by atoms with Gasteiger partial charge in [-0.15, -0.1) is 0 Å². The molecule has 8 heteroatoms. The number of nitrogen functional groups attached to an aromatic ring is 1. The molecule has 0 saturated carbocycles. The number of nitriles is 2. The molecule has 0 aliphatic heterocycles. The molecule has 8 nitrogen and oxygen atoms in total. The van der Waals surface area contributed by atoms with Crippen molar-refractivity contribution in [1.29, 1.82) is 10.5 Å². The van der Waals surface area contributed by atoms with Gasteiger partial charge in [0.05, 0.1) is 18.4 Å². The van der Waals surface area contributed by atoms with Gasteiger partial charge in [-0.1, -0.05) is 6.07 Å². The molecule has 1 aromatic carbocycles. The van der Waals surface area contributed by atoms with Crippen molar-refractivity contribution in [1.82, 2.24) is 4.98 Å². The number of carbonyl (C=O) groups is 1. The highest BCUT2D eigenvalue weighted by Crippen LogP contribution is 2.32. The predicted octanol–water partition coefficient (Wildman–Crippen LogP) is 1.22. The van der Waals surface area contributed by atoms with Gasteiger partial charge in [-0.2, -0.15) is 10.5 Å². The second kappa shape index (κ2) is 6.77. The number of pyridine rings is 1. The Hall–Kier alpha value is -3.78. The zero-order valence-electron chi connectivity index (χ0n) is 13.9. The number of hydrogen-bond donors (Lipinski definition) is 2. The van der Waals surface area contributed by atoms with Crippen molar-refractivity contribution in [3.05, 3.63) is 45.2 Å². The summed E-state index contributed by atoms with van der Waals surface area (Å²) in [7, 11) is 4.77. The molecule has 2 rings (SSSR count). The van der Waals surface area contributed by atoms with Gasteiger partial charge in [0.15, 0.2) is 0 Å². The fourth-order valence-corrected chi connectivity index (χ4v) is 2.49. The number of carbonyl (C=O) groups excluding carboxylic acids is 1. The van der Waals surface area contributed by atoms with E-state index >= 15 is 0 Å². The van der Waals surface area contributed by atoms with Crippen LogP contribution in [0, 0.1) is 22.7 Å². The van der Waals surface area contributed by atoms with E-state index < -0.39 is 11.5 Å². The molecule has 1 heterocycles. The molecule has 0 fully saturated rings. The van der Waals surface area contributed by atoms with E-state index in [4.69, 9.17) is 10.5 Å². The quantitative estimate of drug-likeness (QED) is 0.803. The molecule has 0 unspecified atom stereocenters. The topological polar surface area (TPSA) is 136 Å². The third-order valence-electron chi connectivity index (χ3n) is 3.64. The van der Waals surface area contributed by atoms with E-state index in [0.717, 1.165) is 0 Å². The molecular formula is C17H15N5O3. The van der Waals surface area contributed by atoms with Gasteiger partial charge >= 0.3 is 5.97 Å². The van der Waals surface area contributed by atoms with E-state index in [1.165, 1.54) is 13.2 Å². The van der Waals surface area contributed by atoms with Gasteiger partial charge in [-0.25, -0.2) is 4.79 Å². The molecular weight excluding hydrogens is 322 g/mol. The number of rotatable bonds is 3. The maximum absolute atomic E-state index is 12.1. The van der Waals surface area contributed by atoms with Crippen LogP contribution in [0.15, 0.2) is 23.0 Å². The zero-order valence-corrected chi connectivity index (χ0v) is 13.9. The third kappa shape index (κ3) is 3.01. The summed E-state index contributed by atoms with van der Waals surface area (Å²) >= 11 is 0. The van der Waals surface area contributed by atoms with Crippen LogP contribution in [0.2, 0.25) is 0 Å². The maximum atomic E-state index is 12.1. The molecule has 0 radical (unpaired) electrons. The van der Waals surface area contributed by atoms with Crippen LogP contribution in [0.1, 0.15) is 21.5 Å². The Balaban J connectivity index is 2.89. The highest BCUT2D eigenvalue weighted by Gasteiger charge is 2.21. The molecule has 0 spiro atoms. The van der Waals surface area contributed by atoms with Crippen LogP contribution in [0.4, 0.5) is 11.5 Å². The molecule has 0 aliphatic carbocycles. The van der Waals surface area contributed by atoms with Crippen molar-refractivity contribution >= 4 is 17.5 Å². The minimum Gasteiger partial charge on any atom is -0.465 e. The van der Waals surface area contributed by atoms with E-state index in [0.29, 0.717) is 11.3 Å². The van der Waals surface area contributed by atoms with Crippen LogP contribution >= 0.6 is 0 Å². The average Bonchev–Trinajstić information content (AvgIpc) is 2.59. The number of aromatic nitrogens is 1. The first-order chi connectivity index (χ1) is 11.8. The lowest BCUT2D eigenvalue weighted by atomic mass is 9.94. The van der Waals surface area contributed by atoms with Crippen molar-refractivity contribution in [2.45, 2.75) is 0 Å². The minimum absolute atomic E-state index is 0.0374. The number of nitrogens with one attached hydrogen (secondary N) is 1. The van der Waals surface area contributed by atoms with E-state index in [2.05, 4.69) is 4.98 Å². The number of esters is 1. The Morgan fingerprint density at radius 3 is 2.40 bits per heavy atom. The normalized spacial score (nSPS) is 9.80. The summed E-state index contributed by atoms with van der Waals surface area (Å²) in [6.45, 7) is 0. The molecule has 3 N–H and O–H groups in total. The third-order valence-corrected chi connectivity index (χ3v) is 3.64. The smallest absolute Gasteiger partial charge is 0.339 e. The largest absolute Gasteiger partial charge is 0.465 e. The lowest BCUT2D eigenvalue weighted by molar-refractivity contribution is 0.0601. The number of nitrogens with zero attached hydrogens (tertiary/aromatic N) is 3. The van der Waals surface area contributed by atoms with Crippen molar-refractivity contribution < 1.29 is 9.53 Å². The Morgan fingerprint density at radius 1 is 1.24 bits per heavy atom. The Labute approximate surface area is 143 Å². The number of ether oxygens (including phenoxy) is 1. The van der Waals surface area contributed by atoms with Gasteiger partial charge in [0.25, 0.3) is 5.56 Å². The number of methoxy groups -OCH3 is 1. The zero-order chi connectivity index (χ0) is 18.7. The highest BCUT2D eigenvalue weighted by molar-refractivity contribution is 5.98. The van der Waals surface area contributed by atoms with Crippen molar-refractivity contribution in [2.24, 2.45) is 0 Å². The summed E-state index contributed by atoms with van der Waals surface area (Å²) in [6, 6.07) is 8.40. The molecule has 0 atom stereocenters. The van der Waals surface area contributed by atoms with Gasteiger partial charge in [0, 0.05) is 19.7 Å². The van der Waals surface area contributed by atoms with E-state index in [-0.39, 0.29) is 28.1 Å². The van der Waals surface area contributed by atoms with Gasteiger partial charge in [0.2, 0.25) is 0 Å². The first-order valence-electron chi connectivity index (χ1n) is 7.11. The van der Waals surface area contributed by atoms with Crippen LogP contribution in [0.5, 0.6) is 0 Å². The maximum Gasteiger partial charge on any atom is 0.339 e. The first kappa shape index (κ1) is 17.6. The summed E-state index contributed by atoms with van der Waals surface area (Å²) in [6.07, 6.45) is 0. The SMILES string of the molecule is COC(=O)c1cc(-c2c(C#N)c(N)[nH]c(=O)c2C#N)ccc1N(C)C. The second-order valence-electron chi connectivity index (χ2n) is 5.33. The van der Waals surface area contributed by atoms with E-state index in [9.17, 15) is 20.1 Å². The number of aromatic amines is 1. The summed E-state index contributed by atoms with van der Waals surface area (Å²) in [5.41, 5.74) is 5.97. The number of nitrogens with two attached hydrogens (primary N) is 1. The monoisotopic (exact) mass is 337 g/mol. The molecule has 0 aliphatic rings. The molecule has 0 saturated heterocycles. The molecule has 0 amide bonds. The number of anilines is 2. The fraction of sp³-hybridized carbons (Fsp3) is 0.176. The lowest BCUT2D eigenvalue weighted by Gasteiger charge is -2.18. The van der Waals surface area contributed by atoms with Gasteiger partial charge < -0.3 is 20.4 Å². The predicted molar refractivity (Wildman–Crippen MR) is 92.0 cm³/mol. The van der Waals surface area contributed by atoms with E-state index in [1.807, 2.05) is 6.07 Å². The summed E-state index contributed by atoms with van der Waals surface area (Å²) in [4.78, 5) is 28.1. The highest BCUT2D eigenvalue weighted by atomic mass is 16.5. The summed E-state index contributed by atoms with van der Waals surface area (Å²) in [5.74, 6) is -0.724. The molecule has 126 valence electrons. The fourth-order valence-electron chi connectivity index (χ4n) is 2.49. The van der Waals surface area contributed by atoms with Gasteiger partial charge in [-0.3, -0.25) is 4.79 Å². The standard InChI is InChI=1S/C17H15N5O3/c1-22(2)13-5-4-9(6-10(13)17(24)25-3)14-11(7-18)15(20)21-16(23)12(14)8-19/h4-6H,1-3H3,(H3,20,21,23). The first-order valence-corrected chi connectivity index (χ1v) is 7.11. The Bertz CT molecular complexity index is 993. The van der Waals surface area contributed by atoms with Crippen LogP contribution < -0.4 is 16.2 Å². The Kier molecular flexibility index (Phi) is 4.76. The lowest BCUT2D eigenvalue weighted by Crippen LogP contribution is -2.17. The number of H-pyrrole nitrogens is 1. The van der Waals surface area contributed by atoms with Crippen LogP contribution in [0.25, 0.3) is 11.1 Å². The summed E-state index contributed by atoms with van der Waals surface area (Å²) in [5, 5.41) is 18.7. The minimum atomic E-state index is -0.703. The molecule has 1 aromatic heterocycles. The number of hydrogen-bond acceptors (Lipinski definition) is 7. The van der Waals surface area contributed by atoms with Crippen LogP contribution in [-0.4, -0.2) is 32.2 Å². The van der Waals surface area contributed by atoms with Gasteiger partial charge in [-0.05, 0) is 17.7 Å². The summed E-state index contributed by atoms with van der Waals surface area (Å²) < 4.78 is 4.79. The number of benzene rings is 1. The van der Waals surface area contributed by atoms with Crippen molar-refractivity contribution in [2.75, 3.05) is 31.8 Å². The van der Waals surface area contributed by atoms with Crippen LogP contribution in [0.3, 0.4) is 0 Å². The molecule has 2 aromatic rings. The Morgan fingerprint density at radius 2 is 1.88 bits per heavy atom. The molecule has 0 bridgehead atoms. The van der Waals surface area contributed by atoms with Crippen molar-refractivity contribution in [3.8, 4) is 23.3 Å².